The number of thiazole rings is 2. The zero-order valence-electron chi connectivity index (χ0n) is 26.5. The van der Waals surface area contributed by atoms with E-state index in [1.807, 2.05) is 49.6 Å². The number of alkyl carbamates (subject to hydrolysis) is 1. The molecule has 46 heavy (non-hydrogen) atoms. The topological polar surface area (TPSA) is 155 Å². The zero-order chi connectivity index (χ0) is 33.5. The Labute approximate surface area is 276 Å². The minimum Gasteiger partial charge on any atom is -0.444 e. The maximum absolute atomic E-state index is 14.8. The number of benzene rings is 1. The summed E-state index contributed by atoms with van der Waals surface area (Å²) in [5.74, 6) is -0.466. The maximum Gasteiger partial charge on any atom is 0.409 e. The second-order valence-corrected chi connectivity index (χ2v) is 13.0. The van der Waals surface area contributed by atoms with E-state index in [9.17, 15) is 23.6 Å². The minimum absolute atomic E-state index is 0.0144. The lowest BCUT2D eigenvalue weighted by molar-refractivity contribution is -0.124. The average Bonchev–Trinajstić information content (AvgIpc) is 3.71. The van der Waals surface area contributed by atoms with E-state index in [2.05, 4.69) is 31.2 Å². The van der Waals surface area contributed by atoms with Crippen LogP contribution in [0.1, 0.15) is 67.1 Å². The second-order valence-electron chi connectivity index (χ2n) is 11.1. The summed E-state index contributed by atoms with van der Waals surface area (Å²) in [7, 11) is 1.61. The molecule has 3 rings (SSSR count). The van der Waals surface area contributed by atoms with Gasteiger partial charge in [0.2, 0.25) is 11.8 Å². The summed E-state index contributed by atoms with van der Waals surface area (Å²) < 4.78 is 19.8. The summed E-state index contributed by atoms with van der Waals surface area (Å²) in [6.07, 6.45) is -0.424. The average molecular weight is 676 g/mol. The molecule has 0 bridgehead atoms. The number of alkyl halides is 1. The summed E-state index contributed by atoms with van der Waals surface area (Å²) in [6.45, 7) is 5.86. The Morgan fingerprint density at radius 2 is 1.78 bits per heavy atom. The highest BCUT2D eigenvalue weighted by Crippen LogP contribution is 2.20. The number of rotatable bonds is 17. The van der Waals surface area contributed by atoms with Gasteiger partial charge in [-0.05, 0) is 31.2 Å². The van der Waals surface area contributed by atoms with Crippen LogP contribution in [0.4, 0.5) is 14.0 Å². The van der Waals surface area contributed by atoms with E-state index in [0.717, 1.165) is 21.1 Å². The Morgan fingerprint density at radius 1 is 1.02 bits per heavy atom. The van der Waals surface area contributed by atoms with Crippen molar-refractivity contribution >= 4 is 46.6 Å². The van der Waals surface area contributed by atoms with Gasteiger partial charge in [0.25, 0.3) is 0 Å². The van der Waals surface area contributed by atoms with Gasteiger partial charge < -0.3 is 25.6 Å². The second kappa shape index (κ2) is 18.8. The van der Waals surface area contributed by atoms with Crippen LogP contribution < -0.4 is 21.3 Å². The highest BCUT2D eigenvalue weighted by molar-refractivity contribution is 7.09. The smallest absolute Gasteiger partial charge is 0.409 e. The van der Waals surface area contributed by atoms with Crippen molar-refractivity contribution in [2.45, 2.75) is 83.9 Å². The fourth-order valence-corrected chi connectivity index (χ4v) is 5.69. The molecular weight excluding hydrogens is 634 g/mol. The first kappa shape index (κ1) is 36.4. The number of carbonyl (C=O) groups is 4. The Kier molecular flexibility index (Phi) is 14.8. The van der Waals surface area contributed by atoms with Gasteiger partial charge in [0.05, 0.1) is 27.6 Å². The Hall–Kier alpha value is -4.11. The molecule has 1 aromatic carbocycles. The van der Waals surface area contributed by atoms with Gasteiger partial charge in [0.1, 0.15) is 12.6 Å². The number of aromatic nitrogens is 2. The zero-order valence-corrected chi connectivity index (χ0v) is 28.1. The molecule has 2 aromatic heterocycles. The van der Waals surface area contributed by atoms with Gasteiger partial charge in [0, 0.05) is 44.1 Å². The molecule has 0 aliphatic rings. The van der Waals surface area contributed by atoms with Crippen molar-refractivity contribution in [1.82, 2.24) is 36.1 Å². The summed E-state index contributed by atoms with van der Waals surface area (Å²) in [5.41, 5.74) is 3.27. The largest absolute Gasteiger partial charge is 0.444 e. The SMILES string of the molecule is CC(=O)NCC[C@H](NC(=O)N(C)Cc1csc(C(C)C)n1)C(=O)N[C@H](CC[C@H](F)NC(=O)OCc1cncs1)Cc1ccccc1. The van der Waals surface area contributed by atoms with E-state index < -0.39 is 36.4 Å². The summed E-state index contributed by atoms with van der Waals surface area (Å²) >= 11 is 2.85. The van der Waals surface area contributed by atoms with Crippen LogP contribution in [-0.2, 0) is 33.9 Å². The predicted molar refractivity (Wildman–Crippen MR) is 175 cm³/mol. The fraction of sp³-hybridized carbons (Fsp3) is 0.484. The van der Waals surface area contributed by atoms with Gasteiger partial charge in [0.15, 0.2) is 6.30 Å². The molecular formula is C31H42FN7O5S2. The quantitative estimate of drug-likeness (QED) is 0.154. The standard InChI is InChI=1S/C31H42FN7O5S2/c1-20(2)29-36-24(18-45-29)16-39(4)30(42)37-26(12-13-34-21(3)40)28(41)35-23(14-22-8-6-5-7-9-22)10-11-27(32)38-31(43)44-17-25-15-33-19-46-25/h5-9,15,18-20,23,26-27H,10-14,16-17H2,1-4H3,(H,34,40)(H,35,41)(H,37,42)(H,38,43)/t23-,26+,27-/m1/s1. The van der Waals surface area contributed by atoms with Crippen LogP contribution in [0, 0.1) is 0 Å². The normalized spacial score (nSPS) is 12.9. The van der Waals surface area contributed by atoms with Crippen molar-refractivity contribution in [3.63, 3.8) is 0 Å². The van der Waals surface area contributed by atoms with Crippen molar-refractivity contribution in [2.75, 3.05) is 13.6 Å². The monoisotopic (exact) mass is 675 g/mol. The summed E-state index contributed by atoms with van der Waals surface area (Å²) in [5, 5.41) is 13.4. The molecule has 0 unspecified atom stereocenters. The van der Waals surface area contributed by atoms with E-state index in [4.69, 9.17) is 4.74 Å². The third-order valence-electron chi connectivity index (χ3n) is 6.77. The summed E-state index contributed by atoms with van der Waals surface area (Å²) in [6, 6.07) is 7.41. The maximum atomic E-state index is 14.8. The van der Waals surface area contributed by atoms with Gasteiger partial charge in [-0.1, -0.05) is 44.2 Å². The molecule has 4 N–H and O–H groups in total. The van der Waals surface area contributed by atoms with E-state index in [1.165, 1.54) is 34.5 Å². The predicted octanol–water partition coefficient (Wildman–Crippen LogP) is 4.49. The first-order chi connectivity index (χ1) is 22.0. The van der Waals surface area contributed by atoms with Crippen molar-refractivity contribution in [1.29, 1.82) is 0 Å². The van der Waals surface area contributed by atoms with Crippen LogP contribution in [0.5, 0.6) is 0 Å². The number of hydrogen-bond donors (Lipinski definition) is 4. The molecule has 12 nitrogen and oxygen atoms in total. The molecule has 0 saturated heterocycles. The van der Waals surface area contributed by atoms with Crippen molar-refractivity contribution in [3.8, 4) is 0 Å². The van der Waals surface area contributed by atoms with Crippen LogP contribution >= 0.6 is 22.7 Å². The van der Waals surface area contributed by atoms with Crippen molar-refractivity contribution in [2.24, 2.45) is 0 Å². The van der Waals surface area contributed by atoms with Crippen LogP contribution in [0.25, 0.3) is 0 Å². The molecule has 0 saturated carbocycles. The van der Waals surface area contributed by atoms with Crippen molar-refractivity contribution < 1.29 is 28.3 Å². The van der Waals surface area contributed by atoms with Gasteiger partial charge >= 0.3 is 12.1 Å². The summed E-state index contributed by atoms with van der Waals surface area (Å²) in [4.78, 5) is 60.9. The molecule has 15 heteroatoms. The molecule has 3 atom stereocenters. The first-order valence-electron chi connectivity index (χ1n) is 15.0. The van der Waals surface area contributed by atoms with E-state index >= 15 is 0 Å². The molecule has 250 valence electrons. The highest BCUT2D eigenvalue weighted by atomic mass is 32.1. The Balaban J connectivity index is 1.63. The van der Waals surface area contributed by atoms with Gasteiger partial charge in [-0.2, -0.15) is 0 Å². The molecule has 0 radical (unpaired) electrons. The fourth-order valence-electron chi connectivity index (χ4n) is 4.36. The molecule has 0 spiro atoms. The highest BCUT2D eigenvalue weighted by Gasteiger charge is 2.26. The number of ether oxygens (including phenoxy) is 1. The lowest BCUT2D eigenvalue weighted by atomic mass is 10.0. The minimum atomic E-state index is -1.71. The third-order valence-corrected chi connectivity index (χ3v) is 8.72. The molecule has 0 aliphatic heterocycles. The number of nitrogens with zero attached hydrogens (tertiary/aromatic N) is 3. The van der Waals surface area contributed by atoms with E-state index in [1.54, 1.807) is 18.8 Å². The molecule has 3 aromatic rings. The molecule has 2 heterocycles. The molecule has 0 aliphatic carbocycles. The van der Waals surface area contributed by atoms with E-state index in [-0.39, 0.29) is 50.8 Å². The van der Waals surface area contributed by atoms with Crippen molar-refractivity contribution in [3.05, 3.63) is 68.6 Å². The number of amides is 5. The number of carbonyl (C=O) groups excluding carboxylic acids is 4. The van der Waals surface area contributed by atoms with Crippen LogP contribution in [0.2, 0.25) is 0 Å². The Bertz CT molecular complexity index is 1390. The lowest BCUT2D eigenvalue weighted by Gasteiger charge is -2.26. The number of nitrogens with one attached hydrogen (secondary N) is 4. The molecule has 5 amide bonds. The van der Waals surface area contributed by atoms with Gasteiger partial charge in [-0.25, -0.2) is 19.0 Å². The first-order valence-corrected chi connectivity index (χ1v) is 16.8. The number of hydrogen-bond acceptors (Lipinski definition) is 9. The lowest BCUT2D eigenvalue weighted by Crippen LogP contribution is -2.53. The number of urea groups is 1. The van der Waals surface area contributed by atoms with Crippen LogP contribution in [-0.4, -0.2) is 70.8 Å². The Morgan fingerprint density at radius 3 is 2.43 bits per heavy atom. The third kappa shape index (κ3) is 13.1. The van der Waals surface area contributed by atoms with E-state index in [0.29, 0.717) is 6.42 Å². The van der Waals surface area contributed by atoms with Gasteiger partial charge in [-0.15, -0.1) is 22.7 Å². The van der Waals surface area contributed by atoms with Crippen LogP contribution in [0.15, 0.2) is 47.4 Å². The number of halogens is 1. The van der Waals surface area contributed by atoms with Crippen LogP contribution in [0.3, 0.4) is 0 Å². The molecule has 0 fully saturated rings. The van der Waals surface area contributed by atoms with Gasteiger partial charge in [-0.3, -0.25) is 19.9 Å².